The molecule has 8 bridgehead atoms. The average molecular weight is 276 g/mol. The zero-order chi connectivity index (χ0) is 13.9. The van der Waals surface area contributed by atoms with Crippen molar-refractivity contribution in [2.45, 2.75) is 25.7 Å². The highest BCUT2D eigenvalue weighted by molar-refractivity contribution is 5.94. The molecule has 0 aromatic rings. The van der Waals surface area contributed by atoms with Crippen molar-refractivity contribution in [1.82, 2.24) is 0 Å². The van der Waals surface area contributed by atoms with E-state index in [1.807, 2.05) is 0 Å². The van der Waals surface area contributed by atoms with Crippen LogP contribution in [0.25, 0.3) is 0 Å². The Bertz CT molecular complexity index is 467. The number of rotatable bonds is 2. The van der Waals surface area contributed by atoms with Crippen LogP contribution in [0.1, 0.15) is 25.7 Å². The molecule has 4 heteroatoms. The second-order valence-electron chi connectivity index (χ2n) is 7.46. The van der Waals surface area contributed by atoms with Crippen molar-refractivity contribution >= 4 is 11.9 Å². The van der Waals surface area contributed by atoms with Crippen LogP contribution in [0.4, 0.5) is 0 Å². The fourth-order valence-corrected chi connectivity index (χ4v) is 8.30. The SMILES string of the molecule is COC(=O)C12C3CCC4C3C3C1CCC3C42C(=O)OC. The lowest BCUT2D eigenvalue weighted by Crippen LogP contribution is -2.60. The van der Waals surface area contributed by atoms with E-state index in [0.29, 0.717) is 35.5 Å². The molecule has 6 saturated carbocycles. The van der Waals surface area contributed by atoms with E-state index in [1.165, 1.54) is 14.2 Å². The molecule has 4 atom stereocenters. The predicted molar refractivity (Wildman–Crippen MR) is 68.3 cm³/mol. The molecule has 0 saturated heterocycles. The molecule has 20 heavy (non-hydrogen) atoms. The molecule has 6 fully saturated rings. The van der Waals surface area contributed by atoms with Gasteiger partial charge in [0.15, 0.2) is 0 Å². The standard InChI is InChI=1S/C16H20O4/c1-19-13(17)15-7-3-5-9-11(7)12-8(15)4-6-10(12)16(9,15)14(18)20-2/h7-12H,3-6H2,1-2H3. The minimum Gasteiger partial charge on any atom is -0.469 e. The van der Waals surface area contributed by atoms with E-state index in [2.05, 4.69) is 0 Å². The topological polar surface area (TPSA) is 52.6 Å². The third kappa shape index (κ3) is 0.709. The van der Waals surface area contributed by atoms with Gasteiger partial charge in [0.25, 0.3) is 0 Å². The first-order chi connectivity index (χ1) is 9.67. The van der Waals surface area contributed by atoms with Crippen molar-refractivity contribution < 1.29 is 19.1 Å². The maximum atomic E-state index is 12.8. The van der Waals surface area contributed by atoms with E-state index in [9.17, 15) is 9.59 Å². The van der Waals surface area contributed by atoms with E-state index in [-0.39, 0.29) is 11.9 Å². The molecule has 0 radical (unpaired) electrons. The van der Waals surface area contributed by atoms with Gasteiger partial charge in [0.1, 0.15) is 0 Å². The number of methoxy groups -OCH3 is 2. The Morgan fingerprint density at radius 2 is 1.05 bits per heavy atom. The lowest BCUT2D eigenvalue weighted by Gasteiger charge is -2.51. The number of ether oxygens (including phenoxy) is 2. The third-order valence-electron chi connectivity index (χ3n) is 7.95. The molecule has 6 rings (SSSR count). The normalized spacial score (nSPS) is 59.5. The van der Waals surface area contributed by atoms with Crippen LogP contribution in [0.15, 0.2) is 0 Å². The summed E-state index contributed by atoms with van der Waals surface area (Å²) >= 11 is 0. The smallest absolute Gasteiger partial charge is 0.313 e. The summed E-state index contributed by atoms with van der Waals surface area (Å²) < 4.78 is 10.5. The monoisotopic (exact) mass is 276 g/mol. The molecular weight excluding hydrogens is 256 g/mol. The van der Waals surface area contributed by atoms with E-state index >= 15 is 0 Å². The zero-order valence-corrected chi connectivity index (χ0v) is 11.9. The van der Waals surface area contributed by atoms with Gasteiger partial charge in [0.2, 0.25) is 0 Å². The number of carbonyl (C=O) groups excluding carboxylic acids is 2. The van der Waals surface area contributed by atoms with Gasteiger partial charge in [0.05, 0.1) is 25.0 Å². The van der Waals surface area contributed by atoms with Crippen LogP contribution in [0.2, 0.25) is 0 Å². The van der Waals surface area contributed by atoms with Crippen molar-refractivity contribution in [1.29, 1.82) is 0 Å². The van der Waals surface area contributed by atoms with Crippen LogP contribution in [0.3, 0.4) is 0 Å². The molecule has 108 valence electrons. The number of hydrogen-bond acceptors (Lipinski definition) is 4. The quantitative estimate of drug-likeness (QED) is 0.719. The van der Waals surface area contributed by atoms with Gasteiger partial charge in [-0.3, -0.25) is 9.59 Å². The Morgan fingerprint density at radius 3 is 1.30 bits per heavy atom. The summed E-state index contributed by atoms with van der Waals surface area (Å²) in [7, 11) is 2.96. The van der Waals surface area contributed by atoms with Crippen LogP contribution in [0, 0.1) is 46.3 Å². The number of carbonyl (C=O) groups is 2. The maximum absolute atomic E-state index is 12.8. The lowest BCUT2D eigenvalue weighted by atomic mass is 9.50. The Labute approximate surface area is 118 Å². The molecule has 6 aliphatic rings. The molecule has 6 aliphatic carbocycles. The predicted octanol–water partition coefficient (Wildman–Crippen LogP) is 1.63. The largest absolute Gasteiger partial charge is 0.469 e. The van der Waals surface area contributed by atoms with Gasteiger partial charge in [-0.1, -0.05) is 0 Å². The van der Waals surface area contributed by atoms with Crippen LogP contribution < -0.4 is 0 Å². The molecule has 0 aromatic carbocycles. The summed E-state index contributed by atoms with van der Waals surface area (Å²) in [6.07, 6.45) is 4.40. The molecule has 0 heterocycles. The second-order valence-corrected chi connectivity index (χ2v) is 7.46. The first kappa shape index (κ1) is 11.6. The van der Waals surface area contributed by atoms with E-state index < -0.39 is 10.8 Å². The van der Waals surface area contributed by atoms with Gasteiger partial charge >= 0.3 is 11.9 Å². The van der Waals surface area contributed by atoms with E-state index in [0.717, 1.165) is 25.7 Å². The molecular formula is C16H20O4. The van der Waals surface area contributed by atoms with Gasteiger partial charge in [0, 0.05) is 0 Å². The Kier molecular flexibility index (Phi) is 1.78. The van der Waals surface area contributed by atoms with Crippen LogP contribution in [-0.4, -0.2) is 26.2 Å². The Hall–Kier alpha value is -1.06. The van der Waals surface area contributed by atoms with Crippen LogP contribution in [-0.2, 0) is 19.1 Å². The van der Waals surface area contributed by atoms with Crippen molar-refractivity contribution in [3.05, 3.63) is 0 Å². The molecule has 0 spiro atoms. The summed E-state index contributed by atoms with van der Waals surface area (Å²) in [5, 5.41) is 0. The van der Waals surface area contributed by atoms with Crippen molar-refractivity contribution in [2.75, 3.05) is 14.2 Å². The Morgan fingerprint density at radius 1 is 0.750 bits per heavy atom. The molecule has 0 amide bonds. The molecule has 0 N–H and O–H groups in total. The van der Waals surface area contributed by atoms with E-state index in [4.69, 9.17) is 9.47 Å². The van der Waals surface area contributed by atoms with Gasteiger partial charge in [-0.2, -0.15) is 0 Å². The fourth-order valence-electron chi connectivity index (χ4n) is 8.30. The first-order valence-corrected chi connectivity index (χ1v) is 7.84. The summed E-state index contributed by atoms with van der Waals surface area (Å²) in [4.78, 5) is 25.6. The minimum absolute atomic E-state index is 0.116. The zero-order valence-electron chi connectivity index (χ0n) is 11.9. The first-order valence-electron chi connectivity index (χ1n) is 7.84. The van der Waals surface area contributed by atoms with Crippen molar-refractivity contribution in [3.63, 3.8) is 0 Å². The highest BCUT2D eigenvalue weighted by atomic mass is 16.5. The highest BCUT2D eigenvalue weighted by Gasteiger charge is 2.95. The highest BCUT2D eigenvalue weighted by Crippen LogP contribution is 2.92. The number of hydrogen-bond donors (Lipinski definition) is 0. The summed E-state index contributed by atoms with van der Waals surface area (Å²) in [6.45, 7) is 0. The van der Waals surface area contributed by atoms with Gasteiger partial charge in [-0.05, 0) is 61.2 Å². The third-order valence-corrected chi connectivity index (χ3v) is 7.95. The maximum Gasteiger partial charge on any atom is 0.313 e. The molecule has 0 aliphatic heterocycles. The molecule has 4 nitrogen and oxygen atoms in total. The van der Waals surface area contributed by atoms with E-state index in [1.54, 1.807) is 0 Å². The van der Waals surface area contributed by atoms with Gasteiger partial charge in [-0.15, -0.1) is 0 Å². The average Bonchev–Trinajstić information content (AvgIpc) is 3.23. The van der Waals surface area contributed by atoms with Gasteiger partial charge in [-0.25, -0.2) is 0 Å². The Balaban J connectivity index is 1.81. The number of esters is 2. The summed E-state index contributed by atoms with van der Waals surface area (Å²) in [6, 6.07) is 0. The van der Waals surface area contributed by atoms with Crippen LogP contribution in [0.5, 0.6) is 0 Å². The molecule has 4 unspecified atom stereocenters. The lowest BCUT2D eigenvalue weighted by molar-refractivity contribution is -0.193. The molecule has 0 aromatic heterocycles. The second kappa shape index (κ2) is 3.07. The summed E-state index contributed by atoms with van der Waals surface area (Å²) in [5.41, 5.74) is -1.06. The van der Waals surface area contributed by atoms with Crippen molar-refractivity contribution in [3.8, 4) is 0 Å². The fraction of sp³-hybridized carbons (Fsp3) is 0.875. The minimum atomic E-state index is -0.532. The van der Waals surface area contributed by atoms with Crippen LogP contribution >= 0.6 is 0 Å². The summed E-state index contributed by atoms with van der Waals surface area (Å²) in [5.74, 6) is 2.47. The van der Waals surface area contributed by atoms with Crippen molar-refractivity contribution in [2.24, 2.45) is 46.3 Å². The van der Waals surface area contributed by atoms with Gasteiger partial charge < -0.3 is 9.47 Å².